The van der Waals surface area contributed by atoms with Crippen LogP contribution in [0.15, 0.2) is 37.0 Å². The van der Waals surface area contributed by atoms with Crippen LogP contribution < -0.4 is 5.32 Å². The Bertz CT molecular complexity index is 300. The molecule has 1 aromatic rings. The highest BCUT2D eigenvalue weighted by molar-refractivity contribution is 7.80. The third-order valence-electron chi connectivity index (χ3n) is 1.86. The maximum Gasteiger partial charge on any atom is 0.110 e. The molecule has 0 fully saturated rings. The summed E-state index contributed by atoms with van der Waals surface area (Å²) in [4.78, 5) is 0.720. The van der Waals surface area contributed by atoms with Crippen LogP contribution in [0.2, 0.25) is 0 Å². The SMILES string of the molecule is C=CNC(=S)c1ccc(CC)cc1. The summed E-state index contributed by atoms with van der Waals surface area (Å²) in [5.41, 5.74) is 2.36. The van der Waals surface area contributed by atoms with Gasteiger partial charge in [-0.15, -0.1) is 0 Å². The highest BCUT2D eigenvalue weighted by Crippen LogP contribution is 2.05. The minimum absolute atomic E-state index is 0.720. The first-order chi connectivity index (χ1) is 6.27. The molecular formula is C11H13NS. The molecule has 0 saturated heterocycles. The number of thiocarbonyl (C=S) groups is 1. The standard InChI is InChI=1S/C11H13NS/c1-3-9-5-7-10(8-6-9)11(13)12-4-2/h4-8H,2-3H2,1H3,(H,12,13). The maximum absolute atomic E-state index is 5.12. The second-order valence-corrected chi connectivity index (χ2v) is 3.14. The summed E-state index contributed by atoms with van der Waals surface area (Å²) in [7, 11) is 0. The molecule has 68 valence electrons. The van der Waals surface area contributed by atoms with Gasteiger partial charge in [0.15, 0.2) is 0 Å². The second kappa shape index (κ2) is 4.77. The Morgan fingerprint density at radius 3 is 2.54 bits per heavy atom. The fraction of sp³-hybridized carbons (Fsp3) is 0.182. The minimum atomic E-state index is 0.720. The van der Waals surface area contributed by atoms with Crippen molar-refractivity contribution in [1.82, 2.24) is 5.32 Å². The third-order valence-corrected chi connectivity index (χ3v) is 2.21. The quantitative estimate of drug-likeness (QED) is 0.737. The van der Waals surface area contributed by atoms with Crippen LogP contribution in [0, 0.1) is 0 Å². The van der Waals surface area contributed by atoms with Crippen LogP contribution in [0.4, 0.5) is 0 Å². The average Bonchev–Trinajstić information content (AvgIpc) is 2.18. The zero-order valence-electron chi connectivity index (χ0n) is 7.71. The van der Waals surface area contributed by atoms with Gasteiger partial charge >= 0.3 is 0 Å². The van der Waals surface area contributed by atoms with Gasteiger partial charge in [0.05, 0.1) is 0 Å². The van der Waals surface area contributed by atoms with Crippen molar-refractivity contribution in [2.75, 3.05) is 0 Å². The minimum Gasteiger partial charge on any atom is -0.353 e. The van der Waals surface area contributed by atoms with Crippen LogP contribution in [-0.2, 0) is 6.42 Å². The van der Waals surface area contributed by atoms with Gasteiger partial charge in [-0.3, -0.25) is 0 Å². The monoisotopic (exact) mass is 191 g/mol. The van der Waals surface area contributed by atoms with Gasteiger partial charge in [0.2, 0.25) is 0 Å². The number of hydrogen-bond acceptors (Lipinski definition) is 1. The van der Waals surface area contributed by atoms with Crippen LogP contribution in [0.5, 0.6) is 0 Å². The molecule has 2 heteroatoms. The van der Waals surface area contributed by atoms with E-state index in [4.69, 9.17) is 12.2 Å². The topological polar surface area (TPSA) is 12.0 Å². The first kappa shape index (κ1) is 9.93. The van der Waals surface area contributed by atoms with Crippen molar-refractivity contribution < 1.29 is 0 Å². The zero-order chi connectivity index (χ0) is 9.68. The fourth-order valence-corrected chi connectivity index (χ4v) is 1.29. The van der Waals surface area contributed by atoms with Gasteiger partial charge in [-0.25, -0.2) is 0 Å². The Labute approximate surface area is 84.5 Å². The molecule has 1 rings (SSSR count). The van der Waals surface area contributed by atoms with Crippen molar-refractivity contribution >= 4 is 17.2 Å². The molecule has 0 amide bonds. The van der Waals surface area contributed by atoms with E-state index < -0.39 is 0 Å². The lowest BCUT2D eigenvalue weighted by Gasteiger charge is -2.03. The number of hydrogen-bond donors (Lipinski definition) is 1. The number of aryl methyl sites for hydroxylation is 1. The molecule has 0 spiro atoms. The summed E-state index contributed by atoms with van der Waals surface area (Å²) >= 11 is 5.12. The molecule has 0 heterocycles. The lowest BCUT2D eigenvalue weighted by Crippen LogP contribution is -2.14. The van der Waals surface area contributed by atoms with Crippen molar-refractivity contribution in [3.8, 4) is 0 Å². The number of benzene rings is 1. The van der Waals surface area contributed by atoms with Crippen molar-refractivity contribution in [2.45, 2.75) is 13.3 Å². The van der Waals surface area contributed by atoms with Gasteiger partial charge in [0, 0.05) is 5.56 Å². The van der Waals surface area contributed by atoms with E-state index in [1.165, 1.54) is 5.56 Å². The molecule has 0 unspecified atom stereocenters. The van der Waals surface area contributed by atoms with Crippen molar-refractivity contribution in [3.05, 3.63) is 48.2 Å². The molecule has 0 saturated carbocycles. The van der Waals surface area contributed by atoms with Crippen LogP contribution in [-0.4, -0.2) is 4.99 Å². The van der Waals surface area contributed by atoms with Crippen molar-refractivity contribution in [2.24, 2.45) is 0 Å². The lowest BCUT2D eigenvalue weighted by atomic mass is 10.1. The van der Waals surface area contributed by atoms with Gasteiger partial charge in [-0.05, 0) is 18.2 Å². The Morgan fingerprint density at radius 1 is 1.46 bits per heavy atom. The Kier molecular flexibility index (Phi) is 3.65. The molecule has 1 aromatic carbocycles. The molecule has 0 aliphatic heterocycles. The summed E-state index contributed by atoms with van der Waals surface area (Å²) in [6.45, 7) is 5.70. The van der Waals surface area contributed by atoms with Crippen molar-refractivity contribution in [1.29, 1.82) is 0 Å². The molecule has 0 bridgehead atoms. The summed E-state index contributed by atoms with van der Waals surface area (Å²) in [6.07, 6.45) is 2.65. The predicted octanol–water partition coefficient (Wildman–Crippen LogP) is 2.66. The summed E-state index contributed by atoms with van der Waals surface area (Å²) in [5, 5.41) is 2.89. The van der Waals surface area contributed by atoms with E-state index in [9.17, 15) is 0 Å². The molecule has 13 heavy (non-hydrogen) atoms. The van der Waals surface area contributed by atoms with Gasteiger partial charge in [0.1, 0.15) is 4.99 Å². The predicted molar refractivity (Wildman–Crippen MR) is 60.9 cm³/mol. The smallest absolute Gasteiger partial charge is 0.110 e. The van der Waals surface area contributed by atoms with Crippen LogP contribution in [0.3, 0.4) is 0 Å². The summed E-state index contributed by atoms with van der Waals surface area (Å²) in [6, 6.07) is 8.23. The molecule has 0 atom stereocenters. The van der Waals surface area contributed by atoms with Crippen LogP contribution in [0.25, 0.3) is 0 Å². The average molecular weight is 191 g/mol. The number of nitrogens with one attached hydrogen (secondary N) is 1. The van der Waals surface area contributed by atoms with E-state index >= 15 is 0 Å². The normalized spacial score (nSPS) is 9.31. The molecular weight excluding hydrogens is 178 g/mol. The zero-order valence-corrected chi connectivity index (χ0v) is 8.53. The highest BCUT2D eigenvalue weighted by Gasteiger charge is 1.97. The highest BCUT2D eigenvalue weighted by atomic mass is 32.1. The molecule has 1 N–H and O–H groups in total. The summed E-state index contributed by atoms with van der Waals surface area (Å²) in [5.74, 6) is 0. The summed E-state index contributed by atoms with van der Waals surface area (Å²) < 4.78 is 0. The molecule has 0 aliphatic rings. The lowest BCUT2D eigenvalue weighted by molar-refractivity contribution is 1.14. The van der Waals surface area contributed by atoms with Crippen LogP contribution >= 0.6 is 12.2 Å². The van der Waals surface area contributed by atoms with E-state index in [0.29, 0.717) is 0 Å². The van der Waals surface area contributed by atoms with E-state index in [0.717, 1.165) is 17.0 Å². The van der Waals surface area contributed by atoms with Crippen molar-refractivity contribution in [3.63, 3.8) is 0 Å². The maximum atomic E-state index is 5.12. The molecule has 1 nitrogen and oxygen atoms in total. The third kappa shape index (κ3) is 2.67. The molecule has 0 aliphatic carbocycles. The van der Waals surface area contributed by atoms with E-state index in [-0.39, 0.29) is 0 Å². The second-order valence-electron chi connectivity index (χ2n) is 2.73. The van der Waals surface area contributed by atoms with Gasteiger partial charge in [-0.2, -0.15) is 0 Å². The van der Waals surface area contributed by atoms with Gasteiger partial charge in [0.25, 0.3) is 0 Å². The largest absolute Gasteiger partial charge is 0.353 e. The van der Waals surface area contributed by atoms with E-state index in [2.05, 4.69) is 31.0 Å². The van der Waals surface area contributed by atoms with Gasteiger partial charge < -0.3 is 5.32 Å². The Balaban J connectivity index is 2.79. The number of rotatable bonds is 3. The fourth-order valence-electron chi connectivity index (χ4n) is 1.07. The van der Waals surface area contributed by atoms with Crippen LogP contribution in [0.1, 0.15) is 18.1 Å². The first-order valence-electron chi connectivity index (χ1n) is 4.28. The van der Waals surface area contributed by atoms with E-state index in [1.54, 1.807) is 6.20 Å². The van der Waals surface area contributed by atoms with E-state index in [1.807, 2.05) is 12.1 Å². The first-order valence-corrected chi connectivity index (χ1v) is 4.69. The Hall–Kier alpha value is -1.15. The molecule has 0 radical (unpaired) electrons. The van der Waals surface area contributed by atoms with Gasteiger partial charge in [-0.1, -0.05) is 50.0 Å². The molecule has 0 aromatic heterocycles. The Morgan fingerprint density at radius 2 is 2.08 bits per heavy atom.